The molecule has 0 saturated carbocycles. The number of aromatic amines is 2. The minimum atomic E-state index is -0.425. The molecule has 0 spiro atoms. The van der Waals surface area contributed by atoms with Crippen LogP contribution in [0.1, 0.15) is 10.5 Å². The van der Waals surface area contributed by atoms with Crippen molar-refractivity contribution in [3.05, 3.63) is 72.6 Å². The minimum Gasteiger partial charge on any atom is -0.364 e. The van der Waals surface area contributed by atoms with Crippen molar-refractivity contribution in [2.75, 3.05) is 0 Å². The van der Waals surface area contributed by atoms with Crippen molar-refractivity contribution in [1.82, 2.24) is 9.97 Å². The lowest BCUT2D eigenvalue weighted by molar-refractivity contribution is 0.0996. The van der Waals surface area contributed by atoms with E-state index in [1.807, 2.05) is 42.6 Å². The third kappa shape index (κ3) is 2.79. The number of primary amides is 1. The van der Waals surface area contributed by atoms with Gasteiger partial charge < -0.3 is 15.7 Å². The van der Waals surface area contributed by atoms with E-state index in [-0.39, 0.29) is 0 Å². The zero-order chi connectivity index (χ0) is 14.7. The summed E-state index contributed by atoms with van der Waals surface area (Å²) in [5.41, 5.74) is 7.70. The lowest BCUT2D eigenvalue weighted by Gasteiger charge is -1.85. The first-order valence-corrected chi connectivity index (χ1v) is 6.64. The zero-order valence-electron chi connectivity index (χ0n) is 11.3. The SMILES string of the molecule is NC(=O)c1cc2ccccc2[nH]1.c1ccc2[nH]ccc2c1. The number of hydrogen-bond acceptors (Lipinski definition) is 1. The van der Waals surface area contributed by atoms with Crippen LogP contribution in [0.5, 0.6) is 0 Å². The molecule has 4 N–H and O–H groups in total. The molecule has 21 heavy (non-hydrogen) atoms. The van der Waals surface area contributed by atoms with Crippen LogP contribution in [0.2, 0.25) is 0 Å². The third-order valence-electron chi connectivity index (χ3n) is 3.26. The molecule has 4 aromatic rings. The van der Waals surface area contributed by atoms with Gasteiger partial charge in [0.15, 0.2) is 0 Å². The van der Waals surface area contributed by atoms with Crippen LogP contribution in [0.25, 0.3) is 21.8 Å². The molecule has 0 radical (unpaired) electrons. The molecule has 4 heteroatoms. The quantitative estimate of drug-likeness (QED) is 0.490. The van der Waals surface area contributed by atoms with Gasteiger partial charge in [0.25, 0.3) is 5.91 Å². The van der Waals surface area contributed by atoms with Crippen molar-refractivity contribution in [2.45, 2.75) is 0 Å². The average Bonchev–Trinajstić information content (AvgIpc) is 3.14. The second-order valence-corrected chi connectivity index (χ2v) is 4.70. The van der Waals surface area contributed by atoms with Gasteiger partial charge in [-0.3, -0.25) is 4.79 Å². The number of amides is 1. The molecule has 2 aromatic heterocycles. The topological polar surface area (TPSA) is 74.7 Å². The summed E-state index contributed by atoms with van der Waals surface area (Å²) in [5, 5.41) is 2.28. The Bertz CT molecular complexity index is 826. The molecule has 104 valence electrons. The number of carbonyl (C=O) groups excluding carboxylic acids is 1. The highest BCUT2D eigenvalue weighted by Crippen LogP contribution is 2.13. The van der Waals surface area contributed by atoms with Gasteiger partial charge in [-0.15, -0.1) is 0 Å². The van der Waals surface area contributed by atoms with Gasteiger partial charge in [-0.1, -0.05) is 36.4 Å². The Balaban J connectivity index is 0.000000131. The van der Waals surface area contributed by atoms with Crippen LogP contribution in [-0.4, -0.2) is 15.9 Å². The molecule has 4 nitrogen and oxygen atoms in total. The van der Waals surface area contributed by atoms with Crippen molar-refractivity contribution in [1.29, 1.82) is 0 Å². The fourth-order valence-electron chi connectivity index (χ4n) is 2.20. The molecule has 0 bridgehead atoms. The Morgan fingerprint density at radius 1 is 0.857 bits per heavy atom. The zero-order valence-corrected chi connectivity index (χ0v) is 11.3. The van der Waals surface area contributed by atoms with Crippen molar-refractivity contribution < 1.29 is 4.79 Å². The van der Waals surface area contributed by atoms with Gasteiger partial charge in [0.05, 0.1) is 0 Å². The third-order valence-corrected chi connectivity index (χ3v) is 3.26. The Hall–Kier alpha value is -3.01. The molecule has 0 fully saturated rings. The van der Waals surface area contributed by atoms with Crippen LogP contribution in [0.3, 0.4) is 0 Å². The number of fused-ring (bicyclic) bond motifs is 2. The van der Waals surface area contributed by atoms with Crippen LogP contribution < -0.4 is 5.73 Å². The molecule has 4 rings (SSSR count). The molecule has 1 amide bonds. The van der Waals surface area contributed by atoms with E-state index in [2.05, 4.69) is 28.2 Å². The van der Waals surface area contributed by atoms with E-state index >= 15 is 0 Å². The van der Waals surface area contributed by atoms with Crippen LogP contribution in [0, 0.1) is 0 Å². The molecule has 0 aliphatic carbocycles. The van der Waals surface area contributed by atoms with Crippen molar-refractivity contribution in [3.63, 3.8) is 0 Å². The van der Waals surface area contributed by atoms with Gasteiger partial charge in [0.1, 0.15) is 5.69 Å². The number of carbonyl (C=O) groups is 1. The summed E-state index contributed by atoms with van der Waals surface area (Å²) in [6, 6.07) is 19.7. The Labute approximate surface area is 121 Å². The second-order valence-electron chi connectivity index (χ2n) is 4.70. The Kier molecular flexibility index (Phi) is 3.43. The van der Waals surface area contributed by atoms with E-state index in [4.69, 9.17) is 5.73 Å². The summed E-state index contributed by atoms with van der Waals surface area (Å²) in [6.07, 6.45) is 1.95. The van der Waals surface area contributed by atoms with Crippen molar-refractivity contribution in [3.8, 4) is 0 Å². The molecular weight excluding hydrogens is 262 g/mol. The molecule has 2 heterocycles. The number of nitrogens with two attached hydrogens (primary N) is 1. The maximum absolute atomic E-state index is 10.8. The summed E-state index contributed by atoms with van der Waals surface area (Å²) in [6.45, 7) is 0. The van der Waals surface area contributed by atoms with Crippen LogP contribution in [-0.2, 0) is 0 Å². The van der Waals surface area contributed by atoms with Crippen LogP contribution in [0.4, 0.5) is 0 Å². The van der Waals surface area contributed by atoms with E-state index in [1.54, 1.807) is 6.07 Å². The van der Waals surface area contributed by atoms with Gasteiger partial charge in [-0.25, -0.2) is 0 Å². The second kappa shape index (κ2) is 5.54. The molecule has 2 aromatic carbocycles. The number of hydrogen-bond donors (Lipinski definition) is 3. The highest BCUT2D eigenvalue weighted by molar-refractivity contribution is 5.96. The van der Waals surface area contributed by atoms with Crippen molar-refractivity contribution in [2.24, 2.45) is 5.73 Å². The summed E-state index contributed by atoms with van der Waals surface area (Å²) < 4.78 is 0. The number of H-pyrrole nitrogens is 2. The average molecular weight is 277 g/mol. The van der Waals surface area contributed by atoms with Gasteiger partial charge in [-0.2, -0.15) is 0 Å². The number of rotatable bonds is 1. The minimum absolute atomic E-state index is 0.425. The van der Waals surface area contributed by atoms with E-state index in [9.17, 15) is 4.79 Å². The molecule has 0 saturated heterocycles. The van der Waals surface area contributed by atoms with Gasteiger partial charge in [0, 0.05) is 22.6 Å². The van der Waals surface area contributed by atoms with Crippen LogP contribution >= 0.6 is 0 Å². The first kappa shape index (κ1) is 13.0. The Morgan fingerprint density at radius 2 is 1.52 bits per heavy atom. The van der Waals surface area contributed by atoms with E-state index < -0.39 is 5.91 Å². The number of aromatic nitrogens is 2. The predicted octanol–water partition coefficient (Wildman–Crippen LogP) is 3.43. The van der Waals surface area contributed by atoms with Gasteiger partial charge in [-0.05, 0) is 29.7 Å². The molecular formula is C17H15N3O. The fraction of sp³-hybridized carbons (Fsp3) is 0. The normalized spacial score (nSPS) is 10.3. The van der Waals surface area contributed by atoms with E-state index in [1.165, 1.54) is 10.9 Å². The van der Waals surface area contributed by atoms with Crippen molar-refractivity contribution >= 4 is 27.7 Å². The predicted molar refractivity (Wildman–Crippen MR) is 85.1 cm³/mol. The lowest BCUT2D eigenvalue weighted by atomic mass is 10.2. The van der Waals surface area contributed by atoms with Crippen LogP contribution in [0.15, 0.2) is 66.9 Å². The van der Waals surface area contributed by atoms with Gasteiger partial charge >= 0.3 is 0 Å². The number of nitrogens with one attached hydrogen (secondary N) is 2. The monoisotopic (exact) mass is 277 g/mol. The first-order chi connectivity index (χ1) is 10.2. The summed E-state index contributed by atoms with van der Waals surface area (Å²) >= 11 is 0. The highest BCUT2D eigenvalue weighted by atomic mass is 16.1. The smallest absolute Gasteiger partial charge is 0.265 e. The molecule has 0 atom stereocenters. The standard InChI is InChI=1S/C9H8N2O.C8H7N/c10-9(12)8-5-6-3-1-2-4-7(6)11-8;1-2-4-8-7(3-1)5-6-9-8/h1-5,11H,(H2,10,12);1-6,9H. The van der Waals surface area contributed by atoms with E-state index in [0.717, 1.165) is 10.9 Å². The molecule has 0 unspecified atom stereocenters. The summed E-state index contributed by atoms with van der Waals surface area (Å²) in [5.74, 6) is -0.425. The van der Waals surface area contributed by atoms with Gasteiger partial charge in [0.2, 0.25) is 0 Å². The number of para-hydroxylation sites is 2. The van der Waals surface area contributed by atoms with E-state index in [0.29, 0.717) is 5.69 Å². The largest absolute Gasteiger partial charge is 0.364 e. The maximum Gasteiger partial charge on any atom is 0.265 e. The summed E-state index contributed by atoms with van der Waals surface area (Å²) in [7, 11) is 0. The molecule has 0 aliphatic rings. The fourth-order valence-corrected chi connectivity index (χ4v) is 2.20. The number of benzene rings is 2. The Morgan fingerprint density at radius 3 is 2.19 bits per heavy atom. The maximum atomic E-state index is 10.8. The molecule has 0 aliphatic heterocycles. The first-order valence-electron chi connectivity index (χ1n) is 6.64. The lowest BCUT2D eigenvalue weighted by Crippen LogP contribution is -2.10. The highest BCUT2D eigenvalue weighted by Gasteiger charge is 2.03. The summed E-state index contributed by atoms with van der Waals surface area (Å²) in [4.78, 5) is 16.8.